The number of nitrogens with zero attached hydrogens (tertiary/aromatic N) is 1. The number of anilines is 1. The molecule has 7 nitrogen and oxygen atoms in total. The van der Waals surface area contributed by atoms with Gasteiger partial charge >= 0.3 is 6.03 Å². The Labute approximate surface area is 157 Å². The summed E-state index contributed by atoms with van der Waals surface area (Å²) in [7, 11) is 1.57. The second kappa shape index (κ2) is 8.46. The smallest absolute Gasteiger partial charge is 0.319 e. The molecular weight excluding hydrogens is 346 g/mol. The van der Waals surface area contributed by atoms with Crippen molar-refractivity contribution in [3.63, 3.8) is 0 Å². The maximum absolute atomic E-state index is 12.5. The molecule has 2 aromatic carbocycles. The number of imide groups is 1. The Hall–Kier alpha value is -3.19. The Morgan fingerprint density at radius 1 is 1.04 bits per heavy atom. The van der Waals surface area contributed by atoms with Gasteiger partial charge in [0.05, 0.1) is 11.1 Å². The van der Waals surface area contributed by atoms with Gasteiger partial charge < -0.3 is 15.4 Å². The van der Waals surface area contributed by atoms with Crippen molar-refractivity contribution < 1.29 is 19.1 Å². The zero-order chi connectivity index (χ0) is 19.2. The van der Waals surface area contributed by atoms with Crippen LogP contribution in [0.15, 0.2) is 48.5 Å². The highest BCUT2D eigenvalue weighted by atomic mass is 16.5. The summed E-state index contributed by atoms with van der Waals surface area (Å²) >= 11 is 0. The van der Waals surface area contributed by atoms with Crippen molar-refractivity contribution in [3.05, 3.63) is 65.2 Å². The number of hydrogen-bond acceptors (Lipinski definition) is 4. The number of nitrogens with one attached hydrogen (secondary N) is 2. The minimum atomic E-state index is -0.382. The van der Waals surface area contributed by atoms with Crippen LogP contribution in [0.2, 0.25) is 0 Å². The fourth-order valence-corrected chi connectivity index (χ4v) is 2.89. The van der Waals surface area contributed by atoms with Gasteiger partial charge in [-0.05, 0) is 30.2 Å². The first kappa shape index (κ1) is 18.6. The lowest BCUT2D eigenvalue weighted by Gasteiger charge is -2.12. The Morgan fingerprint density at radius 2 is 1.78 bits per heavy atom. The van der Waals surface area contributed by atoms with Crippen molar-refractivity contribution >= 4 is 23.5 Å². The zero-order valence-corrected chi connectivity index (χ0v) is 15.0. The SMILES string of the molecule is COCCCN1C(=O)c2ccc(NC(=O)NCc3ccccc3)cc2C1=O. The van der Waals surface area contributed by atoms with Crippen LogP contribution in [0.3, 0.4) is 0 Å². The van der Waals surface area contributed by atoms with Gasteiger partial charge in [-0.3, -0.25) is 14.5 Å². The van der Waals surface area contributed by atoms with E-state index in [1.165, 1.54) is 11.0 Å². The second-order valence-corrected chi connectivity index (χ2v) is 6.16. The second-order valence-electron chi connectivity index (χ2n) is 6.16. The van der Waals surface area contributed by atoms with E-state index in [-0.39, 0.29) is 17.8 Å². The lowest BCUT2D eigenvalue weighted by molar-refractivity contribution is 0.0638. The molecule has 0 radical (unpaired) electrons. The van der Waals surface area contributed by atoms with Gasteiger partial charge in [-0.1, -0.05) is 30.3 Å². The first-order valence-corrected chi connectivity index (χ1v) is 8.68. The van der Waals surface area contributed by atoms with E-state index in [1.807, 2.05) is 30.3 Å². The molecule has 0 saturated heterocycles. The molecule has 27 heavy (non-hydrogen) atoms. The summed E-state index contributed by atoms with van der Waals surface area (Å²) in [6, 6.07) is 13.9. The Morgan fingerprint density at radius 3 is 2.52 bits per heavy atom. The zero-order valence-electron chi connectivity index (χ0n) is 15.0. The summed E-state index contributed by atoms with van der Waals surface area (Å²) in [6.07, 6.45) is 0.578. The van der Waals surface area contributed by atoms with Crippen LogP contribution >= 0.6 is 0 Å². The quantitative estimate of drug-likeness (QED) is 0.582. The van der Waals surface area contributed by atoms with E-state index in [1.54, 1.807) is 19.2 Å². The standard InChI is InChI=1S/C20H21N3O4/c1-27-11-5-10-23-18(24)16-9-8-15(12-17(16)19(23)25)22-20(26)21-13-14-6-3-2-4-7-14/h2-4,6-9,12H,5,10-11,13H2,1H3,(H2,21,22,26). The summed E-state index contributed by atoms with van der Waals surface area (Å²) in [6.45, 7) is 1.17. The lowest BCUT2D eigenvalue weighted by atomic mass is 10.1. The molecule has 0 aromatic heterocycles. The molecular formula is C20H21N3O4. The number of ether oxygens (including phenoxy) is 1. The number of amides is 4. The molecule has 1 aliphatic rings. The summed E-state index contributed by atoms with van der Waals surface area (Å²) in [5, 5.41) is 5.44. The van der Waals surface area contributed by atoms with E-state index in [4.69, 9.17) is 4.74 Å². The molecule has 0 bridgehead atoms. The Kier molecular flexibility index (Phi) is 5.83. The van der Waals surface area contributed by atoms with Crippen molar-refractivity contribution in [2.45, 2.75) is 13.0 Å². The van der Waals surface area contributed by atoms with Crippen LogP contribution in [0, 0.1) is 0 Å². The monoisotopic (exact) mass is 367 g/mol. The highest BCUT2D eigenvalue weighted by Gasteiger charge is 2.35. The van der Waals surface area contributed by atoms with Crippen LogP contribution in [0.25, 0.3) is 0 Å². The van der Waals surface area contributed by atoms with Crippen LogP contribution in [0.1, 0.15) is 32.7 Å². The number of carbonyl (C=O) groups excluding carboxylic acids is 3. The molecule has 3 rings (SSSR count). The number of urea groups is 1. The van der Waals surface area contributed by atoms with Crippen LogP contribution in [0.5, 0.6) is 0 Å². The molecule has 1 aliphatic heterocycles. The van der Waals surface area contributed by atoms with E-state index in [0.29, 0.717) is 42.9 Å². The van der Waals surface area contributed by atoms with Gasteiger partial charge in [0, 0.05) is 32.5 Å². The highest BCUT2D eigenvalue weighted by molar-refractivity contribution is 6.21. The third-order valence-electron chi connectivity index (χ3n) is 4.25. The van der Waals surface area contributed by atoms with Crippen molar-refractivity contribution in [2.24, 2.45) is 0 Å². The van der Waals surface area contributed by atoms with Gasteiger partial charge in [0.1, 0.15) is 0 Å². The third kappa shape index (κ3) is 4.32. The third-order valence-corrected chi connectivity index (χ3v) is 4.25. The van der Waals surface area contributed by atoms with Crippen LogP contribution in [-0.2, 0) is 11.3 Å². The largest absolute Gasteiger partial charge is 0.385 e. The van der Waals surface area contributed by atoms with Gasteiger partial charge in [-0.15, -0.1) is 0 Å². The summed E-state index contributed by atoms with van der Waals surface area (Å²) in [5.74, 6) is -0.661. The Balaban J connectivity index is 1.62. The maximum Gasteiger partial charge on any atom is 0.319 e. The van der Waals surface area contributed by atoms with Crippen molar-refractivity contribution in [1.29, 1.82) is 0 Å². The first-order chi connectivity index (χ1) is 13.1. The van der Waals surface area contributed by atoms with Crippen LogP contribution in [0.4, 0.5) is 10.5 Å². The first-order valence-electron chi connectivity index (χ1n) is 8.68. The molecule has 1 heterocycles. The van der Waals surface area contributed by atoms with Crippen molar-refractivity contribution in [2.75, 3.05) is 25.6 Å². The minimum Gasteiger partial charge on any atom is -0.385 e. The van der Waals surface area contributed by atoms with Crippen molar-refractivity contribution in [1.82, 2.24) is 10.2 Å². The molecule has 2 aromatic rings. The molecule has 0 saturated carbocycles. The van der Waals surface area contributed by atoms with E-state index in [0.717, 1.165) is 5.56 Å². The van der Waals surface area contributed by atoms with Crippen molar-refractivity contribution in [3.8, 4) is 0 Å². The predicted octanol–water partition coefficient (Wildman–Crippen LogP) is 2.64. The average molecular weight is 367 g/mol. The molecule has 0 spiro atoms. The van der Waals surface area contributed by atoms with Crippen LogP contribution < -0.4 is 10.6 Å². The number of rotatable bonds is 7. The molecule has 0 atom stereocenters. The molecule has 2 N–H and O–H groups in total. The minimum absolute atomic E-state index is 0.304. The predicted molar refractivity (Wildman–Crippen MR) is 101 cm³/mol. The summed E-state index contributed by atoms with van der Waals surface area (Å²) in [5.41, 5.74) is 2.10. The van der Waals surface area contributed by atoms with Gasteiger partial charge in [0.25, 0.3) is 11.8 Å². The normalized spacial score (nSPS) is 12.9. The Bertz CT molecular complexity index is 852. The molecule has 0 fully saturated rings. The molecule has 140 valence electrons. The number of hydrogen-bond donors (Lipinski definition) is 2. The van der Waals surface area contributed by atoms with E-state index in [9.17, 15) is 14.4 Å². The fourth-order valence-electron chi connectivity index (χ4n) is 2.89. The fraction of sp³-hybridized carbons (Fsp3) is 0.250. The highest BCUT2D eigenvalue weighted by Crippen LogP contribution is 2.26. The van der Waals surface area contributed by atoms with Gasteiger partial charge in [0.15, 0.2) is 0 Å². The van der Waals surface area contributed by atoms with Gasteiger partial charge in [-0.25, -0.2) is 4.79 Å². The van der Waals surface area contributed by atoms with E-state index >= 15 is 0 Å². The number of methoxy groups -OCH3 is 1. The number of benzene rings is 2. The van der Waals surface area contributed by atoms with E-state index in [2.05, 4.69) is 10.6 Å². The summed E-state index contributed by atoms with van der Waals surface area (Å²) < 4.78 is 4.96. The topological polar surface area (TPSA) is 87.7 Å². The van der Waals surface area contributed by atoms with Crippen LogP contribution in [-0.4, -0.2) is 43.0 Å². The molecule has 7 heteroatoms. The lowest BCUT2D eigenvalue weighted by Crippen LogP contribution is -2.31. The molecule has 4 amide bonds. The number of fused-ring (bicyclic) bond motifs is 1. The van der Waals surface area contributed by atoms with Gasteiger partial charge in [0.2, 0.25) is 0 Å². The number of carbonyl (C=O) groups is 3. The molecule has 0 aliphatic carbocycles. The maximum atomic E-state index is 12.5. The average Bonchev–Trinajstić information content (AvgIpc) is 2.92. The molecule has 0 unspecified atom stereocenters. The van der Waals surface area contributed by atoms with E-state index < -0.39 is 0 Å². The summed E-state index contributed by atoms with van der Waals surface area (Å²) in [4.78, 5) is 38.1. The van der Waals surface area contributed by atoms with Gasteiger partial charge in [-0.2, -0.15) is 0 Å².